The topological polar surface area (TPSA) is 55.4 Å². The quantitative estimate of drug-likeness (QED) is 0.780. The molecule has 0 aliphatic carbocycles. The maximum atomic E-state index is 11.9. The van der Waals surface area contributed by atoms with Gasteiger partial charge in [-0.2, -0.15) is 13.2 Å². The van der Waals surface area contributed by atoms with Crippen molar-refractivity contribution in [2.45, 2.75) is 12.7 Å². The van der Waals surface area contributed by atoms with E-state index in [0.717, 1.165) is 11.8 Å². The van der Waals surface area contributed by atoms with E-state index in [1.165, 1.54) is 12.1 Å². The molecule has 0 fully saturated rings. The third-order valence-corrected chi connectivity index (χ3v) is 3.25. The van der Waals surface area contributed by atoms with E-state index in [1.54, 1.807) is 12.1 Å². The summed E-state index contributed by atoms with van der Waals surface area (Å²) in [6, 6.07) is 6.14. The normalized spacial score (nSPS) is 12.4. The van der Waals surface area contributed by atoms with Crippen molar-refractivity contribution in [3.05, 3.63) is 29.8 Å². The molecule has 1 rings (SSSR count). The van der Waals surface area contributed by atoms with E-state index in [9.17, 15) is 21.6 Å². The summed E-state index contributed by atoms with van der Waals surface area (Å²) >= 11 is 0. The molecule has 0 aliphatic rings. The Balaban J connectivity index is 2.35. The number of hydrogen-bond donors (Lipinski definition) is 1. The third-order valence-electron chi connectivity index (χ3n) is 2.30. The van der Waals surface area contributed by atoms with Crippen molar-refractivity contribution in [2.75, 3.05) is 25.2 Å². The van der Waals surface area contributed by atoms with Crippen LogP contribution in [0.5, 0.6) is 5.75 Å². The minimum Gasteiger partial charge on any atom is -0.484 e. The zero-order chi connectivity index (χ0) is 15.2. The van der Waals surface area contributed by atoms with Crippen LogP contribution in [0, 0.1) is 0 Å². The lowest BCUT2D eigenvalue weighted by Gasteiger charge is -2.10. The van der Waals surface area contributed by atoms with Gasteiger partial charge in [0.15, 0.2) is 6.61 Å². The van der Waals surface area contributed by atoms with Crippen LogP contribution in [0.1, 0.15) is 5.56 Å². The highest BCUT2D eigenvalue weighted by Gasteiger charge is 2.28. The average Bonchev–Trinajstić information content (AvgIpc) is 2.31. The molecule has 20 heavy (non-hydrogen) atoms. The van der Waals surface area contributed by atoms with Crippen molar-refractivity contribution in [3.8, 4) is 5.75 Å². The Hall–Kier alpha value is -1.28. The molecule has 1 aromatic carbocycles. The van der Waals surface area contributed by atoms with Crippen LogP contribution in [-0.4, -0.2) is 39.8 Å². The van der Waals surface area contributed by atoms with Gasteiger partial charge in [-0.05, 0) is 17.7 Å². The molecule has 8 heteroatoms. The lowest BCUT2D eigenvalue weighted by atomic mass is 10.2. The highest BCUT2D eigenvalue weighted by molar-refractivity contribution is 7.90. The molecule has 0 atom stereocenters. The van der Waals surface area contributed by atoms with Crippen molar-refractivity contribution in [2.24, 2.45) is 0 Å². The number of ether oxygens (including phenoxy) is 1. The molecule has 0 bridgehead atoms. The van der Waals surface area contributed by atoms with Gasteiger partial charge in [0.25, 0.3) is 0 Å². The van der Waals surface area contributed by atoms with Crippen molar-refractivity contribution in [1.82, 2.24) is 5.32 Å². The van der Waals surface area contributed by atoms with Crippen LogP contribution < -0.4 is 10.1 Å². The second-order valence-corrected chi connectivity index (χ2v) is 6.61. The molecular formula is C12H16F3NO3S. The first kappa shape index (κ1) is 16.8. The Labute approximate surface area is 115 Å². The molecule has 0 unspecified atom stereocenters. The lowest BCUT2D eigenvalue weighted by Crippen LogP contribution is -2.22. The molecule has 0 aliphatic heterocycles. The Kier molecular flexibility index (Phi) is 5.82. The maximum Gasteiger partial charge on any atom is 0.422 e. The Morgan fingerprint density at radius 2 is 1.80 bits per heavy atom. The zero-order valence-electron chi connectivity index (χ0n) is 10.9. The van der Waals surface area contributed by atoms with E-state index < -0.39 is 22.6 Å². The standard InChI is InChI=1S/C12H16F3NO3S/c1-20(17,18)7-6-16-8-10-2-4-11(5-3-10)19-9-12(13,14)15/h2-5,16H,6-9H2,1H3. The average molecular weight is 311 g/mol. The minimum atomic E-state index is -4.36. The van der Waals surface area contributed by atoms with E-state index in [0.29, 0.717) is 13.1 Å². The maximum absolute atomic E-state index is 11.9. The summed E-state index contributed by atoms with van der Waals surface area (Å²) in [5.41, 5.74) is 0.831. The molecule has 114 valence electrons. The largest absolute Gasteiger partial charge is 0.484 e. The summed E-state index contributed by atoms with van der Waals surface area (Å²) < 4.78 is 62.2. The van der Waals surface area contributed by atoms with Crippen LogP contribution in [0.4, 0.5) is 13.2 Å². The zero-order valence-corrected chi connectivity index (χ0v) is 11.7. The van der Waals surface area contributed by atoms with E-state index in [1.807, 2.05) is 0 Å². The van der Waals surface area contributed by atoms with Gasteiger partial charge in [0.1, 0.15) is 15.6 Å². The van der Waals surface area contributed by atoms with Crippen LogP contribution in [0.2, 0.25) is 0 Å². The van der Waals surface area contributed by atoms with Gasteiger partial charge in [-0.3, -0.25) is 0 Å². The number of halogens is 3. The summed E-state index contributed by atoms with van der Waals surface area (Å²) in [7, 11) is -3.00. The fourth-order valence-corrected chi connectivity index (χ4v) is 1.87. The van der Waals surface area contributed by atoms with Gasteiger partial charge in [-0.15, -0.1) is 0 Å². The number of nitrogens with one attached hydrogen (secondary N) is 1. The molecular weight excluding hydrogens is 295 g/mol. The number of hydrogen-bond acceptors (Lipinski definition) is 4. The monoisotopic (exact) mass is 311 g/mol. The van der Waals surface area contributed by atoms with Crippen LogP contribution >= 0.6 is 0 Å². The van der Waals surface area contributed by atoms with E-state index in [4.69, 9.17) is 0 Å². The van der Waals surface area contributed by atoms with Gasteiger partial charge in [0.05, 0.1) is 5.75 Å². The second kappa shape index (κ2) is 6.94. The summed E-state index contributed by atoms with van der Waals surface area (Å²) in [6.45, 7) is -0.556. The minimum absolute atomic E-state index is 0.0414. The first-order chi connectivity index (χ1) is 9.16. The predicted octanol–water partition coefficient (Wildman–Crippen LogP) is 1.76. The number of sulfone groups is 1. The third kappa shape index (κ3) is 8.00. The van der Waals surface area contributed by atoms with Gasteiger partial charge >= 0.3 is 6.18 Å². The molecule has 0 amide bonds. The SMILES string of the molecule is CS(=O)(=O)CCNCc1ccc(OCC(F)(F)F)cc1. The molecule has 0 heterocycles. The smallest absolute Gasteiger partial charge is 0.422 e. The van der Waals surface area contributed by atoms with Crippen LogP contribution in [0.25, 0.3) is 0 Å². The molecule has 1 N–H and O–H groups in total. The van der Waals surface area contributed by atoms with Crippen molar-refractivity contribution >= 4 is 9.84 Å². The first-order valence-electron chi connectivity index (χ1n) is 5.83. The fourth-order valence-electron chi connectivity index (χ4n) is 1.36. The molecule has 0 spiro atoms. The Bertz CT molecular complexity index is 512. The number of rotatable bonds is 7. The first-order valence-corrected chi connectivity index (χ1v) is 7.89. The van der Waals surface area contributed by atoms with Gasteiger partial charge in [0.2, 0.25) is 0 Å². The summed E-state index contributed by atoms with van der Waals surface area (Å²) in [4.78, 5) is 0. The van der Waals surface area contributed by atoms with Gasteiger partial charge in [-0.1, -0.05) is 12.1 Å². The number of benzene rings is 1. The van der Waals surface area contributed by atoms with Crippen LogP contribution in [-0.2, 0) is 16.4 Å². The Morgan fingerprint density at radius 3 is 2.30 bits per heavy atom. The van der Waals surface area contributed by atoms with Crippen molar-refractivity contribution in [1.29, 1.82) is 0 Å². The summed E-state index contributed by atoms with van der Waals surface area (Å²) in [5, 5.41) is 2.93. The fraction of sp³-hybridized carbons (Fsp3) is 0.500. The van der Waals surface area contributed by atoms with Crippen molar-refractivity contribution in [3.63, 3.8) is 0 Å². The molecule has 0 saturated carbocycles. The van der Waals surface area contributed by atoms with Crippen LogP contribution in [0.3, 0.4) is 0 Å². The van der Waals surface area contributed by atoms with Crippen LogP contribution in [0.15, 0.2) is 24.3 Å². The summed E-state index contributed by atoms with van der Waals surface area (Å²) in [5.74, 6) is 0.182. The summed E-state index contributed by atoms with van der Waals surface area (Å²) in [6.07, 6.45) is -3.20. The predicted molar refractivity (Wildman–Crippen MR) is 69.4 cm³/mol. The van der Waals surface area contributed by atoms with E-state index in [-0.39, 0.29) is 11.5 Å². The highest BCUT2D eigenvalue weighted by atomic mass is 32.2. The second-order valence-electron chi connectivity index (χ2n) is 4.35. The van der Waals surface area contributed by atoms with E-state index in [2.05, 4.69) is 10.1 Å². The molecule has 0 radical (unpaired) electrons. The molecule has 4 nitrogen and oxygen atoms in total. The Morgan fingerprint density at radius 1 is 1.20 bits per heavy atom. The van der Waals surface area contributed by atoms with E-state index >= 15 is 0 Å². The van der Waals surface area contributed by atoms with Crippen molar-refractivity contribution < 1.29 is 26.3 Å². The van der Waals surface area contributed by atoms with Gasteiger partial charge in [0, 0.05) is 19.3 Å². The van der Waals surface area contributed by atoms with Gasteiger partial charge in [-0.25, -0.2) is 8.42 Å². The lowest BCUT2D eigenvalue weighted by molar-refractivity contribution is -0.153. The van der Waals surface area contributed by atoms with Gasteiger partial charge < -0.3 is 10.1 Å². The molecule has 0 saturated heterocycles. The molecule has 1 aromatic rings. The highest BCUT2D eigenvalue weighted by Crippen LogP contribution is 2.18. The molecule has 0 aromatic heterocycles. The number of alkyl halides is 3.